The smallest absolute Gasteiger partial charge is 0.133 e. The molecule has 4 heteroatoms. The van der Waals surface area contributed by atoms with Gasteiger partial charge >= 0.3 is 0 Å². The molecule has 1 heterocycles. The first-order valence-electron chi connectivity index (χ1n) is 3.14. The van der Waals surface area contributed by atoms with Gasteiger partial charge in [0.25, 0.3) is 0 Å². The Balaban J connectivity index is 3.43. The summed E-state index contributed by atoms with van der Waals surface area (Å²) in [5.41, 5.74) is 1.62. The van der Waals surface area contributed by atoms with Gasteiger partial charge in [-0.25, -0.2) is 4.98 Å². The summed E-state index contributed by atoms with van der Waals surface area (Å²) in [6.45, 7) is 7.11. The number of hydrogen-bond acceptors (Lipinski definition) is 2. The highest BCUT2D eigenvalue weighted by atomic mass is 79.9. The van der Waals surface area contributed by atoms with Crippen molar-refractivity contribution in [1.29, 1.82) is 0 Å². The molecule has 0 fully saturated rings. The number of aliphatic imine (C=N–C) groups is 1. The minimum atomic E-state index is 0.668. The van der Waals surface area contributed by atoms with Crippen LogP contribution in [-0.2, 0) is 0 Å². The van der Waals surface area contributed by atoms with E-state index in [1.54, 1.807) is 6.08 Å². The minimum Gasteiger partial charge on any atom is -0.261 e. The Bertz CT molecular complexity index is 334. The standard InChI is InChI=1S/C8H6Br2N2/c1-3-5-4-6(9)12-8(10)7(5)11-2/h3-4H,1-2H2. The average molecular weight is 290 g/mol. The lowest BCUT2D eigenvalue weighted by molar-refractivity contribution is 1.21. The van der Waals surface area contributed by atoms with Crippen molar-refractivity contribution >= 4 is 50.3 Å². The zero-order chi connectivity index (χ0) is 9.14. The van der Waals surface area contributed by atoms with Gasteiger partial charge in [-0.3, -0.25) is 4.99 Å². The van der Waals surface area contributed by atoms with Crippen molar-refractivity contribution in [2.45, 2.75) is 0 Å². The average Bonchev–Trinajstić information content (AvgIpc) is 2.03. The number of rotatable bonds is 2. The van der Waals surface area contributed by atoms with Crippen LogP contribution < -0.4 is 0 Å². The van der Waals surface area contributed by atoms with Gasteiger partial charge in [-0.1, -0.05) is 12.7 Å². The van der Waals surface area contributed by atoms with Gasteiger partial charge in [0, 0.05) is 5.56 Å². The van der Waals surface area contributed by atoms with Gasteiger partial charge < -0.3 is 0 Å². The number of pyridine rings is 1. The van der Waals surface area contributed by atoms with Gasteiger partial charge in [0.05, 0.1) is 0 Å². The third kappa shape index (κ3) is 1.81. The largest absolute Gasteiger partial charge is 0.261 e. The maximum absolute atomic E-state index is 4.10. The first-order valence-corrected chi connectivity index (χ1v) is 4.73. The molecule has 1 aromatic heterocycles. The van der Waals surface area contributed by atoms with Crippen molar-refractivity contribution in [2.75, 3.05) is 0 Å². The predicted molar refractivity (Wildman–Crippen MR) is 58.9 cm³/mol. The third-order valence-electron chi connectivity index (χ3n) is 1.33. The monoisotopic (exact) mass is 288 g/mol. The zero-order valence-corrected chi connectivity index (χ0v) is 9.39. The molecule has 0 radical (unpaired) electrons. The molecule has 0 aliphatic heterocycles. The van der Waals surface area contributed by atoms with Crippen LogP contribution in [0.5, 0.6) is 0 Å². The number of hydrogen-bond donors (Lipinski definition) is 0. The summed E-state index contributed by atoms with van der Waals surface area (Å²) in [6, 6.07) is 1.84. The van der Waals surface area contributed by atoms with Gasteiger partial charge in [-0.05, 0) is 44.6 Å². The number of halogens is 2. The summed E-state index contributed by atoms with van der Waals surface area (Å²) >= 11 is 6.54. The van der Waals surface area contributed by atoms with E-state index in [4.69, 9.17) is 0 Å². The molecule has 0 amide bonds. The van der Waals surface area contributed by atoms with Crippen molar-refractivity contribution in [3.8, 4) is 0 Å². The van der Waals surface area contributed by atoms with Crippen LogP contribution in [0.3, 0.4) is 0 Å². The van der Waals surface area contributed by atoms with E-state index in [-0.39, 0.29) is 0 Å². The fourth-order valence-corrected chi connectivity index (χ4v) is 2.01. The zero-order valence-electron chi connectivity index (χ0n) is 6.22. The van der Waals surface area contributed by atoms with Crippen molar-refractivity contribution in [3.05, 3.63) is 27.4 Å². The summed E-state index contributed by atoms with van der Waals surface area (Å²) in [5, 5.41) is 0. The van der Waals surface area contributed by atoms with E-state index < -0.39 is 0 Å². The van der Waals surface area contributed by atoms with E-state index >= 15 is 0 Å². The van der Waals surface area contributed by atoms with Gasteiger partial charge in [-0.15, -0.1) is 0 Å². The predicted octanol–water partition coefficient (Wildman–Crippen LogP) is 3.58. The lowest BCUT2D eigenvalue weighted by atomic mass is 10.2. The SMILES string of the molecule is C=Cc1cc(Br)nc(Br)c1N=C. The molecule has 1 aromatic rings. The molecule has 62 valence electrons. The lowest BCUT2D eigenvalue weighted by Crippen LogP contribution is -1.82. The van der Waals surface area contributed by atoms with Crippen LogP contribution in [0, 0.1) is 0 Å². The van der Waals surface area contributed by atoms with Crippen LogP contribution in [0.15, 0.2) is 26.8 Å². The molecule has 0 spiro atoms. The first kappa shape index (κ1) is 9.61. The molecule has 0 N–H and O–H groups in total. The summed E-state index contributed by atoms with van der Waals surface area (Å²) in [4.78, 5) is 7.94. The second kappa shape index (κ2) is 3.96. The molecule has 0 saturated heterocycles. The Morgan fingerprint density at radius 1 is 1.50 bits per heavy atom. The van der Waals surface area contributed by atoms with Crippen LogP contribution in [0.2, 0.25) is 0 Å². The Hall–Kier alpha value is -0.480. The van der Waals surface area contributed by atoms with E-state index in [2.05, 4.69) is 55.1 Å². The molecule has 0 aliphatic carbocycles. The Morgan fingerprint density at radius 2 is 2.17 bits per heavy atom. The Morgan fingerprint density at radius 3 is 2.67 bits per heavy atom. The topological polar surface area (TPSA) is 25.2 Å². The van der Waals surface area contributed by atoms with E-state index in [1.807, 2.05) is 6.07 Å². The van der Waals surface area contributed by atoms with Crippen molar-refractivity contribution in [2.24, 2.45) is 4.99 Å². The molecule has 1 rings (SSSR count). The molecular weight excluding hydrogens is 284 g/mol. The van der Waals surface area contributed by atoms with Gasteiger partial charge in [0.1, 0.15) is 14.9 Å². The van der Waals surface area contributed by atoms with Gasteiger partial charge in [0.2, 0.25) is 0 Å². The highest BCUT2D eigenvalue weighted by Crippen LogP contribution is 2.30. The van der Waals surface area contributed by atoms with E-state index in [9.17, 15) is 0 Å². The molecule has 0 bridgehead atoms. The van der Waals surface area contributed by atoms with Gasteiger partial charge in [0.15, 0.2) is 0 Å². The molecule has 0 aromatic carbocycles. The van der Waals surface area contributed by atoms with Crippen molar-refractivity contribution < 1.29 is 0 Å². The summed E-state index contributed by atoms with van der Waals surface area (Å²) in [7, 11) is 0. The van der Waals surface area contributed by atoms with E-state index in [1.165, 1.54) is 0 Å². The number of nitrogens with zero attached hydrogens (tertiary/aromatic N) is 2. The molecule has 0 aliphatic rings. The number of aromatic nitrogens is 1. The van der Waals surface area contributed by atoms with Crippen LogP contribution in [-0.4, -0.2) is 11.7 Å². The van der Waals surface area contributed by atoms with E-state index in [0.717, 1.165) is 10.2 Å². The minimum absolute atomic E-state index is 0.668. The first-order chi connectivity index (χ1) is 5.69. The third-order valence-corrected chi connectivity index (χ3v) is 2.29. The highest BCUT2D eigenvalue weighted by Gasteiger charge is 2.04. The van der Waals surface area contributed by atoms with Crippen LogP contribution in [0.1, 0.15) is 5.56 Å². The summed E-state index contributed by atoms with van der Waals surface area (Å²) in [5.74, 6) is 0. The van der Waals surface area contributed by atoms with Crippen LogP contribution in [0.25, 0.3) is 6.08 Å². The fraction of sp³-hybridized carbons (Fsp3) is 0. The molecule has 2 nitrogen and oxygen atoms in total. The fourth-order valence-electron chi connectivity index (χ4n) is 0.807. The van der Waals surface area contributed by atoms with Crippen LogP contribution >= 0.6 is 31.9 Å². The summed E-state index contributed by atoms with van der Waals surface area (Å²) in [6.07, 6.45) is 1.71. The second-order valence-electron chi connectivity index (χ2n) is 2.04. The molecule has 0 saturated carbocycles. The molecule has 0 unspecified atom stereocenters. The maximum atomic E-state index is 4.10. The quantitative estimate of drug-likeness (QED) is 0.603. The normalized spacial score (nSPS) is 9.50. The van der Waals surface area contributed by atoms with E-state index in [0.29, 0.717) is 10.3 Å². The lowest BCUT2D eigenvalue weighted by Gasteiger charge is -2.02. The van der Waals surface area contributed by atoms with Crippen molar-refractivity contribution in [3.63, 3.8) is 0 Å². The molecular formula is C8H6Br2N2. The Labute approximate surface area is 87.7 Å². The molecule has 12 heavy (non-hydrogen) atoms. The maximum Gasteiger partial charge on any atom is 0.133 e. The van der Waals surface area contributed by atoms with Crippen LogP contribution in [0.4, 0.5) is 5.69 Å². The van der Waals surface area contributed by atoms with Gasteiger partial charge in [-0.2, -0.15) is 0 Å². The highest BCUT2D eigenvalue weighted by molar-refractivity contribution is 9.11. The molecule has 0 atom stereocenters. The second-order valence-corrected chi connectivity index (χ2v) is 3.60. The van der Waals surface area contributed by atoms with Crippen molar-refractivity contribution in [1.82, 2.24) is 4.98 Å². The summed E-state index contributed by atoms with van der Waals surface area (Å²) < 4.78 is 1.42. The Kier molecular flexibility index (Phi) is 3.17.